The van der Waals surface area contributed by atoms with E-state index in [4.69, 9.17) is 9.84 Å². The molecular weight excluding hydrogens is 574 g/mol. The van der Waals surface area contributed by atoms with Crippen molar-refractivity contribution in [1.29, 1.82) is 0 Å². The summed E-state index contributed by atoms with van der Waals surface area (Å²) in [5.74, 6) is -0.0172. The van der Waals surface area contributed by atoms with Crippen LogP contribution in [0.15, 0.2) is 65.7 Å². The molecule has 6 rings (SSSR count). The monoisotopic (exact) mass is 606 g/mol. The number of aromatic nitrogens is 3. The van der Waals surface area contributed by atoms with Gasteiger partial charge in [0.05, 0.1) is 18.8 Å². The molecule has 1 amide bonds. The van der Waals surface area contributed by atoms with Crippen LogP contribution in [0, 0.1) is 5.82 Å². The zero-order chi connectivity index (χ0) is 30.1. The number of fused-ring (bicyclic) bond motifs is 1. The number of alkyl halides is 1. The number of likely N-dealkylation sites (tertiary alicyclic amines) is 1. The maximum Gasteiger partial charge on any atom is 0.308 e. The summed E-state index contributed by atoms with van der Waals surface area (Å²) >= 11 is 1.43. The van der Waals surface area contributed by atoms with E-state index in [9.17, 15) is 18.4 Å². The molecule has 2 aromatic heterocycles. The molecule has 224 valence electrons. The fourth-order valence-electron chi connectivity index (χ4n) is 5.91. The van der Waals surface area contributed by atoms with Gasteiger partial charge in [-0.2, -0.15) is 0 Å². The highest BCUT2D eigenvalue weighted by atomic mass is 32.2. The number of benzene rings is 2. The number of rotatable bonds is 8. The van der Waals surface area contributed by atoms with Crippen LogP contribution < -0.4 is 15.0 Å². The van der Waals surface area contributed by atoms with Crippen molar-refractivity contribution in [2.45, 2.75) is 49.5 Å². The van der Waals surface area contributed by atoms with E-state index >= 15 is 0 Å². The second-order valence-electron chi connectivity index (χ2n) is 11.0. The molecular formula is C31H32F2N6O3S. The standard InChI is InChI=1S/C31H32F2N6O3S/c1-19(40)42-25-5-3-4-20(10-25)16-37-9-8-24(18-37)35-31(41)28-15-34-29-6-7-30(36-39(28)29)38-17-23(33)14-27(38)21-11-22(32)13-26(12-21)43-2/h3-7,10-13,15,23-24,27H,8-9,14,16-18H2,1-2H3,(H,35,41)/t23-,24-,27+/m0/s1. The number of carbonyl (C=O) groups excluding carboxylic acids is 2. The van der Waals surface area contributed by atoms with Crippen LogP contribution in [-0.2, 0) is 11.3 Å². The van der Waals surface area contributed by atoms with Gasteiger partial charge in [0.15, 0.2) is 11.3 Å². The number of esters is 1. The van der Waals surface area contributed by atoms with E-state index in [0.717, 1.165) is 23.4 Å². The summed E-state index contributed by atoms with van der Waals surface area (Å²) in [6, 6.07) is 15.3. The van der Waals surface area contributed by atoms with E-state index in [1.807, 2.05) is 35.4 Å². The number of amides is 1. The van der Waals surface area contributed by atoms with Gasteiger partial charge in [0.1, 0.15) is 23.6 Å². The first-order valence-electron chi connectivity index (χ1n) is 14.2. The van der Waals surface area contributed by atoms with Crippen LogP contribution in [0.1, 0.15) is 47.4 Å². The quantitative estimate of drug-likeness (QED) is 0.174. The number of thioether (sulfide) groups is 1. The lowest BCUT2D eigenvalue weighted by molar-refractivity contribution is -0.131. The van der Waals surface area contributed by atoms with Crippen molar-refractivity contribution >= 4 is 35.1 Å². The first-order valence-corrected chi connectivity index (χ1v) is 15.4. The topological polar surface area (TPSA) is 92.1 Å². The van der Waals surface area contributed by atoms with Crippen molar-refractivity contribution in [3.8, 4) is 5.75 Å². The van der Waals surface area contributed by atoms with E-state index in [1.165, 1.54) is 41.5 Å². The van der Waals surface area contributed by atoms with Crippen molar-refractivity contribution in [2.24, 2.45) is 0 Å². The van der Waals surface area contributed by atoms with Crippen molar-refractivity contribution in [3.63, 3.8) is 0 Å². The largest absolute Gasteiger partial charge is 0.427 e. The van der Waals surface area contributed by atoms with Crippen LogP contribution in [0.2, 0.25) is 0 Å². The van der Waals surface area contributed by atoms with Gasteiger partial charge in [-0.25, -0.2) is 18.3 Å². The summed E-state index contributed by atoms with van der Waals surface area (Å²) < 4.78 is 35.8. The molecule has 0 spiro atoms. The van der Waals surface area contributed by atoms with Gasteiger partial charge in [0, 0.05) is 43.9 Å². The number of carbonyl (C=O) groups is 2. The van der Waals surface area contributed by atoms with Gasteiger partial charge in [-0.3, -0.25) is 14.5 Å². The summed E-state index contributed by atoms with van der Waals surface area (Å²) in [5, 5.41) is 7.80. The molecule has 2 saturated heterocycles. The lowest BCUT2D eigenvalue weighted by atomic mass is 10.0. The third kappa shape index (κ3) is 6.50. The van der Waals surface area contributed by atoms with Gasteiger partial charge >= 0.3 is 5.97 Å². The van der Waals surface area contributed by atoms with Gasteiger partial charge in [-0.05, 0) is 66.3 Å². The van der Waals surface area contributed by atoms with E-state index in [0.29, 0.717) is 35.9 Å². The normalized spacial score (nSPS) is 20.6. The van der Waals surface area contributed by atoms with Crippen LogP contribution in [0.25, 0.3) is 5.65 Å². The minimum Gasteiger partial charge on any atom is -0.427 e. The van der Waals surface area contributed by atoms with Gasteiger partial charge < -0.3 is 15.0 Å². The van der Waals surface area contributed by atoms with Crippen LogP contribution in [-0.4, -0.2) is 69.5 Å². The van der Waals surface area contributed by atoms with Crippen molar-refractivity contribution < 1.29 is 23.1 Å². The molecule has 0 unspecified atom stereocenters. The third-order valence-electron chi connectivity index (χ3n) is 7.81. The number of nitrogens with zero attached hydrogens (tertiary/aromatic N) is 5. The molecule has 2 fully saturated rings. The second-order valence-corrected chi connectivity index (χ2v) is 11.8. The van der Waals surface area contributed by atoms with Crippen LogP contribution in [0.3, 0.4) is 0 Å². The molecule has 2 aromatic carbocycles. The van der Waals surface area contributed by atoms with E-state index in [2.05, 4.69) is 15.2 Å². The van der Waals surface area contributed by atoms with Crippen LogP contribution >= 0.6 is 11.8 Å². The Balaban J connectivity index is 1.15. The molecule has 0 aliphatic carbocycles. The van der Waals surface area contributed by atoms with E-state index in [1.54, 1.807) is 18.2 Å². The maximum absolute atomic E-state index is 14.7. The number of hydrogen-bond donors (Lipinski definition) is 1. The fraction of sp³-hybridized carbons (Fsp3) is 0.355. The molecule has 4 heterocycles. The Morgan fingerprint density at radius 1 is 1.14 bits per heavy atom. The molecule has 0 radical (unpaired) electrons. The van der Waals surface area contributed by atoms with Crippen LogP contribution in [0.5, 0.6) is 5.75 Å². The van der Waals surface area contributed by atoms with Crippen LogP contribution in [0.4, 0.5) is 14.6 Å². The predicted octanol–water partition coefficient (Wildman–Crippen LogP) is 4.81. The lowest BCUT2D eigenvalue weighted by Crippen LogP contribution is -2.37. The Kier molecular flexibility index (Phi) is 8.31. The number of imidazole rings is 1. The first kappa shape index (κ1) is 29.1. The minimum atomic E-state index is -1.09. The fourth-order valence-corrected chi connectivity index (χ4v) is 6.39. The van der Waals surface area contributed by atoms with Crippen molar-refractivity contribution in [1.82, 2.24) is 24.8 Å². The Hall–Kier alpha value is -4.03. The Bertz CT molecular complexity index is 1670. The zero-order valence-corrected chi connectivity index (χ0v) is 24.7. The highest BCUT2D eigenvalue weighted by Crippen LogP contribution is 2.38. The molecule has 0 bridgehead atoms. The van der Waals surface area contributed by atoms with E-state index < -0.39 is 6.17 Å². The van der Waals surface area contributed by atoms with Gasteiger partial charge in [-0.1, -0.05) is 12.1 Å². The number of nitrogens with one attached hydrogen (secondary N) is 1. The Labute approximate surface area is 252 Å². The molecule has 9 nitrogen and oxygen atoms in total. The Morgan fingerprint density at radius 2 is 2.00 bits per heavy atom. The predicted molar refractivity (Wildman–Crippen MR) is 160 cm³/mol. The average molecular weight is 607 g/mol. The molecule has 2 aliphatic rings. The maximum atomic E-state index is 14.7. The van der Waals surface area contributed by atoms with Crippen molar-refractivity contribution in [3.05, 3.63) is 83.4 Å². The average Bonchev–Trinajstić information content (AvgIpc) is 3.70. The highest BCUT2D eigenvalue weighted by Gasteiger charge is 2.35. The van der Waals surface area contributed by atoms with Gasteiger partial charge in [0.2, 0.25) is 0 Å². The smallest absolute Gasteiger partial charge is 0.308 e. The zero-order valence-electron chi connectivity index (χ0n) is 23.9. The molecule has 1 N–H and O–H groups in total. The number of ether oxygens (including phenoxy) is 1. The summed E-state index contributed by atoms with van der Waals surface area (Å²) in [5.41, 5.74) is 2.49. The number of hydrogen-bond acceptors (Lipinski definition) is 8. The highest BCUT2D eigenvalue weighted by molar-refractivity contribution is 7.98. The van der Waals surface area contributed by atoms with Gasteiger partial charge in [0.25, 0.3) is 5.91 Å². The van der Waals surface area contributed by atoms with E-state index in [-0.39, 0.29) is 48.4 Å². The van der Waals surface area contributed by atoms with Crippen molar-refractivity contribution in [2.75, 3.05) is 30.8 Å². The molecule has 2 aliphatic heterocycles. The lowest BCUT2D eigenvalue weighted by Gasteiger charge is -2.26. The molecule has 0 saturated carbocycles. The summed E-state index contributed by atoms with van der Waals surface area (Å²) in [6.45, 7) is 3.62. The Morgan fingerprint density at radius 3 is 2.81 bits per heavy atom. The first-order chi connectivity index (χ1) is 20.7. The second kappa shape index (κ2) is 12.3. The van der Waals surface area contributed by atoms with Gasteiger partial charge in [-0.15, -0.1) is 16.9 Å². The summed E-state index contributed by atoms with van der Waals surface area (Å²) in [6.07, 6.45) is 3.28. The minimum absolute atomic E-state index is 0.0632. The molecule has 43 heavy (non-hydrogen) atoms. The SMILES string of the molecule is CSc1cc(F)cc([C@H]2C[C@H](F)CN2c2ccc3ncc(C(=O)N[C@H]4CCN(Cc5cccc(OC(C)=O)c5)C4)n3n2)c1. The molecule has 3 atom stereocenters. The third-order valence-corrected chi connectivity index (χ3v) is 8.52. The molecule has 4 aromatic rings. The summed E-state index contributed by atoms with van der Waals surface area (Å²) in [7, 11) is 0. The number of anilines is 1. The summed E-state index contributed by atoms with van der Waals surface area (Å²) in [4.78, 5) is 33.8. The number of halogens is 2. The molecule has 12 heteroatoms.